The molecule has 0 radical (unpaired) electrons. The second kappa shape index (κ2) is 6.86. The fourth-order valence-electron chi connectivity index (χ4n) is 3.71. The lowest BCUT2D eigenvalue weighted by Gasteiger charge is -2.35. The Kier molecular flexibility index (Phi) is 4.24. The van der Waals surface area contributed by atoms with Gasteiger partial charge in [0.1, 0.15) is 11.3 Å². The number of benzene rings is 1. The van der Waals surface area contributed by atoms with Crippen molar-refractivity contribution in [1.29, 1.82) is 0 Å². The van der Waals surface area contributed by atoms with Crippen LogP contribution >= 0.6 is 0 Å². The second-order valence-corrected chi connectivity index (χ2v) is 7.22. The van der Waals surface area contributed by atoms with Crippen LogP contribution in [0.2, 0.25) is 0 Å². The van der Waals surface area contributed by atoms with Crippen molar-refractivity contribution in [3.05, 3.63) is 41.7 Å². The van der Waals surface area contributed by atoms with E-state index in [1.54, 1.807) is 24.3 Å². The number of alkyl halides is 3. The van der Waals surface area contributed by atoms with E-state index in [2.05, 4.69) is 24.9 Å². The molecule has 4 aromatic rings. The van der Waals surface area contributed by atoms with Crippen LogP contribution in [0.15, 0.2) is 30.3 Å². The first-order valence-corrected chi connectivity index (χ1v) is 9.52. The molecule has 12 heteroatoms. The molecule has 160 valence electrons. The van der Waals surface area contributed by atoms with E-state index in [9.17, 15) is 18.0 Å². The summed E-state index contributed by atoms with van der Waals surface area (Å²) in [5, 5.41) is 0. The summed E-state index contributed by atoms with van der Waals surface area (Å²) < 4.78 is 38.6. The largest absolute Gasteiger partial charge is 0.449 e. The molecular weight excluding hydrogens is 413 g/mol. The average Bonchev–Trinajstić information content (AvgIpc) is 3.37. The molecule has 0 saturated carbocycles. The molecule has 1 aliphatic rings. The number of carbonyl (C=O) groups is 1. The number of aromatic nitrogens is 5. The Bertz CT molecular complexity index is 1290. The van der Waals surface area contributed by atoms with Crippen LogP contribution < -0.4 is 15.5 Å². The van der Waals surface area contributed by atoms with Gasteiger partial charge < -0.3 is 25.5 Å². The summed E-state index contributed by atoms with van der Waals surface area (Å²) in [5.41, 5.74) is 7.30. The summed E-state index contributed by atoms with van der Waals surface area (Å²) in [4.78, 5) is 33.5. The van der Waals surface area contributed by atoms with Gasteiger partial charge in [0, 0.05) is 26.2 Å². The number of primary amides is 1. The second-order valence-electron chi connectivity index (χ2n) is 7.22. The Morgan fingerprint density at radius 1 is 0.935 bits per heavy atom. The predicted octanol–water partition coefficient (Wildman–Crippen LogP) is 2.28. The minimum atomic E-state index is -4.55. The number of H-pyrrole nitrogens is 2. The number of piperazine rings is 1. The third kappa shape index (κ3) is 3.39. The summed E-state index contributed by atoms with van der Waals surface area (Å²) in [6.07, 6.45) is -4.55. The smallest absolute Gasteiger partial charge is 0.366 e. The topological polar surface area (TPSA) is 120 Å². The Morgan fingerprint density at radius 2 is 1.68 bits per heavy atom. The van der Waals surface area contributed by atoms with Crippen LogP contribution in [0, 0.1) is 0 Å². The van der Waals surface area contributed by atoms with Gasteiger partial charge >= 0.3 is 6.18 Å². The third-order valence-electron chi connectivity index (χ3n) is 5.27. The lowest BCUT2D eigenvalue weighted by Crippen LogP contribution is -2.47. The van der Waals surface area contributed by atoms with Crippen molar-refractivity contribution in [3.8, 4) is 0 Å². The van der Waals surface area contributed by atoms with Crippen LogP contribution in [0.4, 0.5) is 24.9 Å². The Balaban J connectivity index is 1.34. The summed E-state index contributed by atoms with van der Waals surface area (Å²) >= 11 is 0. The molecule has 0 unspecified atom stereocenters. The number of hydrogen-bond donors (Lipinski definition) is 3. The molecule has 0 aliphatic carbocycles. The first kappa shape index (κ1) is 19.2. The minimum absolute atomic E-state index is 0.0310. The van der Waals surface area contributed by atoms with Crippen LogP contribution in [0.3, 0.4) is 0 Å². The van der Waals surface area contributed by atoms with E-state index in [1.807, 2.05) is 15.9 Å². The molecule has 1 aliphatic heterocycles. The normalized spacial score (nSPS) is 15.2. The number of pyridine rings is 1. The molecule has 1 amide bonds. The quantitative estimate of drug-likeness (QED) is 0.459. The number of fused-ring (bicyclic) bond motifs is 2. The van der Waals surface area contributed by atoms with Crippen molar-refractivity contribution < 1.29 is 18.0 Å². The third-order valence-corrected chi connectivity index (χ3v) is 5.27. The van der Waals surface area contributed by atoms with Gasteiger partial charge in [0.15, 0.2) is 5.65 Å². The standard InChI is InChI=1S/C19H17F3N8O/c20-19(21,22)17-24-12-4-5-13(26-16(12)28-17)29-6-8-30(9-7-29)18-25-11-3-1-2-10(15(23)31)14(11)27-18/h1-5H,6-9H2,(H2,23,31)(H,25,27)(H,24,26,28). The molecule has 4 N–H and O–H groups in total. The van der Waals surface area contributed by atoms with Gasteiger partial charge in [-0.25, -0.2) is 15.0 Å². The number of para-hydroxylation sites is 1. The van der Waals surface area contributed by atoms with E-state index in [-0.39, 0.29) is 11.2 Å². The Hall–Kier alpha value is -3.83. The van der Waals surface area contributed by atoms with Crippen LogP contribution in [-0.4, -0.2) is 57.0 Å². The van der Waals surface area contributed by atoms with E-state index in [1.165, 1.54) is 0 Å². The van der Waals surface area contributed by atoms with E-state index >= 15 is 0 Å². The van der Waals surface area contributed by atoms with Crippen LogP contribution in [-0.2, 0) is 6.18 Å². The molecule has 4 heterocycles. The predicted molar refractivity (Wildman–Crippen MR) is 108 cm³/mol. The van der Waals surface area contributed by atoms with Gasteiger partial charge in [-0.3, -0.25) is 4.79 Å². The average molecular weight is 430 g/mol. The van der Waals surface area contributed by atoms with Gasteiger partial charge in [-0.1, -0.05) is 6.07 Å². The van der Waals surface area contributed by atoms with E-state index in [0.717, 1.165) is 5.52 Å². The SMILES string of the molecule is NC(=O)c1cccc2[nH]c(N3CCN(c4ccc5[nH]c(C(F)(F)F)nc5n4)CC3)nc12. The molecule has 1 aromatic carbocycles. The molecule has 31 heavy (non-hydrogen) atoms. The molecule has 5 rings (SSSR count). The number of anilines is 2. The van der Waals surface area contributed by atoms with Crippen molar-refractivity contribution >= 4 is 39.9 Å². The lowest BCUT2D eigenvalue weighted by atomic mass is 10.2. The van der Waals surface area contributed by atoms with E-state index in [4.69, 9.17) is 5.73 Å². The maximum absolute atomic E-state index is 12.9. The molecular formula is C19H17F3N8O. The fraction of sp³-hybridized carbons (Fsp3) is 0.263. The number of nitrogens with two attached hydrogens (primary N) is 1. The summed E-state index contributed by atoms with van der Waals surface area (Å²) in [6, 6.07) is 8.43. The highest BCUT2D eigenvalue weighted by Gasteiger charge is 2.35. The van der Waals surface area contributed by atoms with Crippen molar-refractivity contribution in [2.75, 3.05) is 36.0 Å². The summed E-state index contributed by atoms with van der Waals surface area (Å²) in [6.45, 7) is 2.41. The maximum Gasteiger partial charge on any atom is 0.449 e. The molecule has 0 bridgehead atoms. The fourth-order valence-corrected chi connectivity index (χ4v) is 3.71. The maximum atomic E-state index is 12.9. The van der Waals surface area contributed by atoms with E-state index in [0.29, 0.717) is 49.0 Å². The Morgan fingerprint density at radius 3 is 2.39 bits per heavy atom. The van der Waals surface area contributed by atoms with Gasteiger partial charge in [-0.15, -0.1) is 0 Å². The number of nitrogens with one attached hydrogen (secondary N) is 2. The van der Waals surface area contributed by atoms with Gasteiger partial charge in [-0.2, -0.15) is 13.2 Å². The Labute approximate surface area is 173 Å². The minimum Gasteiger partial charge on any atom is -0.366 e. The van der Waals surface area contributed by atoms with Gasteiger partial charge in [-0.05, 0) is 24.3 Å². The number of halogens is 3. The highest BCUT2D eigenvalue weighted by Crippen LogP contribution is 2.29. The highest BCUT2D eigenvalue weighted by atomic mass is 19.4. The van der Waals surface area contributed by atoms with Crippen LogP contribution in [0.25, 0.3) is 22.2 Å². The van der Waals surface area contributed by atoms with Crippen molar-refractivity contribution in [2.24, 2.45) is 5.73 Å². The highest BCUT2D eigenvalue weighted by molar-refractivity contribution is 6.04. The number of amides is 1. The van der Waals surface area contributed by atoms with Crippen molar-refractivity contribution in [3.63, 3.8) is 0 Å². The number of rotatable bonds is 3. The molecule has 3 aromatic heterocycles. The first-order valence-electron chi connectivity index (χ1n) is 9.52. The van der Waals surface area contributed by atoms with Gasteiger partial charge in [0.25, 0.3) is 5.91 Å². The van der Waals surface area contributed by atoms with Crippen molar-refractivity contribution in [1.82, 2.24) is 24.9 Å². The van der Waals surface area contributed by atoms with Crippen molar-refractivity contribution in [2.45, 2.75) is 6.18 Å². The molecule has 0 spiro atoms. The summed E-state index contributed by atoms with van der Waals surface area (Å²) in [5.74, 6) is -0.402. The first-order chi connectivity index (χ1) is 14.8. The van der Waals surface area contributed by atoms with Crippen LogP contribution in [0.5, 0.6) is 0 Å². The molecule has 0 atom stereocenters. The van der Waals surface area contributed by atoms with Crippen LogP contribution in [0.1, 0.15) is 16.2 Å². The zero-order valence-corrected chi connectivity index (χ0v) is 16.1. The zero-order valence-electron chi connectivity index (χ0n) is 16.1. The number of imidazole rings is 2. The molecule has 1 fully saturated rings. The number of aromatic amines is 2. The van der Waals surface area contributed by atoms with E-state index < -0.39 is 17.9 Å². The number of carbonyl (C=O) groups excluding carboxylic acids is 1. The zero-order chi connectivity index (χ0) is 21.8. The lowest BCUT2D eigenvalue weighted by molar-refractivity contribution is -0.144. The number of nitrogens with zero attached hydrogens (tertiary/aromatic N) is 5. The molecule has 1 saturated heterocycles. The monoisotopic (exact) mass is 430 g/mol. The van der Waals surface area contributed by atoms with Gasteiger partial charge in [0.05, 0.1) is 16.6 Å². The molecule has 9 nitrogen and oxygen atoms in total. The summed E-state index contributed by atoms with van der Waals surface area (Å²) in [7, 11) is 0. The number of hydrogen-bond acceptors (Lipinski definition) is 6. The van der Waals surface area contributed by atoms with Gasteiger partial charge in [0.2, 0.25) is 11.8 Å².